The van der Waals surface area contributed by atoms with Crippen LogP contribution in [-0.2, 0) is 4.74 Å². The van der Waals surface area contributed by atoms with Crippen LogP contribution in [0.2, 0.25) is 4.55 Å². The van der Waals surface area contributed by atoms with Crippen molar-refractivity contribution in [3.05, 3.63) is 0 Å². The topological polar surface area (TPSA) is 9.23 Å². The Kier molecular flexibility index (Phi) is 11.0. The minimum absolute atomic E-state index is 0.217. The van der Waals surface area contributed by atoms with E-state index in [0.29, 0.717) is 6.10 Å². The lowest BCUT2D eigenvalue weighted by Gasteiger charge is -2.14. The van der Waals surface area contributed by atoms with E-state index in [9.17, 15) is 0 Å². The Balaban J connectivity index is 3.19. The largest absolute Gasteiger partial charge is 0.501 e. The molecule has 0 spiro atoms. The third kappa shape index (κ3) is 7.65. The molecule has 70 valence electrons. The highest BCUT2D eigenvalue weighted by molar-refractivity contribution is 6.93. The van der Waals surface area contributed by atoms with Crippen LogP contribution < -0.4 is 0 Å². The molecular formula is C9H19ClMgO. The Morgan fingerprint density at radius 2 is 2.08 bits per heavy atom. The number of unbranched alkanes of at least 4 members (excludes halogenated alkanes) is 1. The number of hydrogen-bond donors (Lipinski definition) is 0. The van der Waals surface area contributed by atoms with E-state index in [1.54, 1.807) is 0 Å². The first-order chi connectivity index (χ1) is 5.85. The normalized spacial score (nSPS) is 12.6. The molecule has 0 fully saturated rings. The summed E-state index contributed by atoms with van der Waals surface area (Å²) in [5.74, 6) is 0. The van der Waals surface area contributed by atoms with Gasteiger partial charge in [-0.25, -0.2) is 0 Å². The lowest BCUT2D eigenvalue weighted by molar-refractivity contribution is 0.0527. The molecule has 1 unspecified atom stereocenters. The van der Waals surface area contributed by atoms with Crippen molar-refractivity contribution in [2.75, 3.05) is 6.61 Å². The molecule has 0 aliphatic carbocycles. The molecule has 0 rings (SSSR count). The van der Waals surface area contributed by atoms with Crippen LogP contribution in [0.4, 0.5) is 0 Å². The molecule has 0 aliphatic rings. The summed E-state index contributed by atoms with van der Waals surface area (Å²) in [5, 5.41) is 0. The van der Waals surface area contributed by atoms with Crippen LogP contribution in [0, 0.1) is 0 Å². The molecule has 0 aliphatic heterocycles. The monoisotopic (exact) mass is 202 g/mol. The van der Waals surface area contributed by atoms with Crippen LogP contribution in [-0.4, -0.2) is 32.0 Å². The summed E-state index contributed by atoms with van der Waals surface area (Å²) in [4.78, 5) is 0. The molecule has 3 heteroatoms. The first-order valence-corrected chi connectivity index (χ1v) is 8.16. The predicted octanol–water partition coefficient (Wildman–Crippen LogP) is 3.25. The summed E-state index contributed by atoms with van der Waals surface area (Å²) < 4.78 is 6.83. The van der Waals surface area contributed by atoms with E-state index in [4.69, 9.17) is 13.8 Å². The average Bonchev–Trinajstić information content (AvgIpc) is 2.10. The van der Waals surface area contributed by atoms with Crippen LogP contribution in [0.15, 0.2) is 0 Å². The standard InChI is InChI=1S/C9H19O.ClH.Mg/c1-4-7-8-9(5-2)10-6-3;;/h9H,1,4-8H2,2-3H3;1H;/q;;+1/p-1. The first-order valence-electron chi connectivity index (χ1n) is 5.02. The summed E-state index contributed by atoms with van der Waals surface area (Å²) in [6.45, 7) is 5.10. The van der Waals surface area contributed by atoms with Crippen LogP contribution in [0.5, 0.6) is 0 Å². The Morgan fingerprint density at radius 3 is 2.58 bits per heavy atom. The van der Waals surface area contributed by atoms with Crippen molar-refractivity contribution in [3.63, 3.8) is 0 Å². The maximum atomic E-state index is 5.72. The number of hydrogen-bond acceptors (Lipinski definition) is 1. The van der Waals surface area contributed by atoms with Crippen molar-refractivity contribution in [1.82, 2.24) is 0 Å². The quantitative estimate of drug-likeness (QED) is 0.434. The summed E-state index contributed by atoms with van der Waals surface area (Å²) in [6.07, 6.45) is 5.45. The molecule has 0 aromatic carbocycles. The SMILES string of the molecule is CCOC(CC)CCC[CH2][Mg][Cl]. The van der Waals surface area contributed by atoms with Crippen LogP contribution in [0.25, 0.3) is 0 Å². The first kappa shape index (κ1) is 13.0. The molecule has 0 saturated heterocycles. The Bertz CT molecular complexity index is 90.6. The van der Waals surface area contributed by atoms with Gasteiger partial charge in [0.05, 0.1) is 6.10 Å². The maximum Gasteiger partial charge on any atom is 0.501 e. The Morgan fingerprint density at radius 1 is 1.33 bits per heavy atom. The maximum absolute atomic E-state index is 5.72. The van der Waals surface area contributed by atoms with E-state index in [-0.39, 0.29) is 19.3 Å². The van der Waals surface area contributed by atoms with Crippen molar-refractivity contribution >= 4 is 28.3 Å². The average molecular weight is 203 g/mol. The summed E-state index contributed by atoms with van der Waals surface area (Å²) in [7, 11) is 5.72. The highest BCUT2D eigenvalue weighted by Gasteiger charge is 2.04. The van der Waals surface area contributed by atoms with Gasteiger partial charge in [0.25, 0.3) is 0 Å². The molecule has 0 radical (unpaired) electrons. The van der Waals surface area contributed by atoms with Crippen LogP contribution in [0.3, 0.4) is 0 Å². The molecule has 0 N–H and O–H groups in total. The fourth-order valence-corrected chi connectivity index (χ4v) is 2.39. The molecule has 12 heavy (non-hydrogen) atoms. The van der Waals surface area contributed by atoms with Gasteiger partial charge in [-0.2, -0.15) is 0 Å². The van der Waals surface area contributed by atoms with Crippen molar-refractivity contribution in [2.24, 2.45) is 0 Å². The minimum atomic E-state index is -0.217. The zero-order valence-electron chi connectivity index (χ0n) is 8.31. The lowest BCUT2D eigenvalue weighted by Crippen LogP contribution is -2.11. The summed E-state index contributed by atoms with van der Waals surface area (Å²) in [6, 6.07) is 0. The predicted molar refractivity (Wildman–Crippen MR) is 56.0 cm³/mol. The number of halogens is 1. The molecule has 0 saturated carbocycles. The Labute approximate surface area is 89.7 Å². The van der Waals surface area contributed by atoms with Gasteiger partial charge in [-0.1, -0.05) is 19.8 Å². The van der Waals surface area contributed by atoms with Gasteiger partial charge in [0.15, 0.2) is 0 Å². The van der Waals surface area contributed by atoms with Crippen molar-refractivity contribution in [2.45, 2.75) is 50.2 Å². The summed E-state index contributed by atoms with van der Waals surface area (Å²) in [5.41, 5.74) is 0. The van der Waals surface area contributed by atoms with Gasteiger partial charge in [-0.15, -0.1) is 4.55 Å². The zero-order valence-corrected chi connectivity index (χ0v) is 10.5. The van der Waals surface area contributed by atoms with E-state index < -0.39 is 0 Å². The molecule has 0 heterocycles. The zero-order chi connectivity index (χ0) is 9.23. The Hall–Kier alpha value is 1.02. The van der Waals surface area contributed by atoms with Crippen molar-refractivity contribution in [1.29, 1.82) is 0 Å². The van der Waals surface area contributed by atoms with Gasteiger partial charge in [0.2, 0.25) is 0 Å². The molecule has 0 aromatic rings. The highest BCUT2D eigenvalue weighted by Crippen LogP contribution is 2.10. The fourth-order valence-electron chi connectivity index (χ4n) is 1.28. The minimum Gasteiger partial charge on any atom is -0.379 e. The third-order valence-electron chi connectivity index (χ3n) is 2.02. The van der Waals surface area contributed by atoms with E-state index in [2.05, 4.69) is 13.8 Å². The molecule has 1 atom stereocenters. The molecule has 0 amide bonds. The molecule has 0 bridgehead atoms. The summed E-state index contributed by atoms with van der Waals surface area (Å²) >= 11 is -0.217. The van der Waals surface area contributed by atoms with Crippen molar-refractivity contribution < 1.29 is 4.74 Å². The van der Waals surface area contributed by atoms with Crippen LogP contribution in [0.1, 0.15) is 39.5 Å². The van der Waals surface area contributed by atoms with Gasteiger partial charge >= 0.3 is 19.3 Å². The van der Waals surface area contributed by atoms with E-state index >= 15 is 0 Å². The second-order valence-electron chi connectivity index (χ2n) is 3.02. The van der Waals surface area contributed by atoms with E-state index in [1.807, 2.05) is 0 Å². The second kappa shape index (κ2) is 10.1. The second-order valence-corrected chi connectivity index (χ2v) is 5.24. The van der Waals surface area contributed by atoms with Gasteiger partial charge in [-0.05, 0) is 19.8 Å². The highest BCUT2D eigenvalue weighted by atomic mass is 35.5. The molecule has 1 nitrogen and oxygen atoms in total. The smallest absolute Gasteiger partial charge is 0.379 e. The van der Waals surface area contributed by atoms with Crippen LogP contribution >= 0.6 is 9.07 Å². The molecular weight excluding hydrogens is 184 g/mol. The van der Waals surface area contributed by atoms with Crippen molar-refractivity contribution in [3.8, 4) is 0 Å². The number of ether oxygens (including phenoxy) is 1. The van der Waals surface area contributed by atoms with Gasteiger partial charge in [0.1, 0.15) is 0 Å². The fraction of sp³-hybridized carbons (Fsp3) is 1.00. The van der Waals surface area contributed by atoms with Gasteiger partial charge in [-0.3, -0.25) is 0 Å². The van der Waals surface area contributed by atoms with Gasteiger partial charge in [0, 0.05) is 6.61 Å². The van der Waals surface area contributed by atoms with E-state index in [1.165, 1.54) is 23.8 Å². The lowest BCUT2D eigenvalue weighted by atomic mass is 10.1. The van der Waals surface area contributed by atoms with E-state index in [0.717, 1.165) is 13.0 Å². The number of rotatable bonds is 8. The van der Waals surface area contributed by atoms with Gasteiger partial charge < -0.3 is 13.8 Å². The molecule has 0 aromatic heterocycles. The third-order valence-corrected chi connectivity index (χ3v) is 3.59.